The second kappa shape index (κ2) is 5.63. The van der Waals surface area contributed by atoms with Gasteiger partial charge in [-0.3, -0.25) is 10.1 Å². The number of aromatic nitrogens is 3. The third kappa shape index (κ3) is 2.79. The number of hydrogen-bond acceptors (Lipinski definition) is 5. The molecular formula is C14H14N4O2S. The van der Waals surface area contributed by atoms with Gasteiger partial charge in [0.15, 0.2) is 0 Å². The number of hydrogen-bond donors (Lipinski definition) is 1. The summed E-state index contributed by atoms with van der Waals surface area (Å²) in [6, 6.07) is 7.57. The van der Waals surface area contributed by atoms with Crippen molar-refractivity contribution in [3.63, 3.8) is 0 Å². The van der Waals surface area contributed by atoms with Crippen LogP contribution in [0.3, 0.4) is 0 Å². The smallest absolute Gasteiger partial charge is 0.257 e. The third-order valence-electron chi connectivity index (χ3n) is 3.10. The molecule has 0 aliphatic carbocycles. The van der Waals surface area contributed by atoms with Crippen molar-refractivity contribution >= 4 is 33.3 Å². The van der Waals surface area contributed by atoms with Gasteiger partial charge in [-0.15, -0.1) is 10.2 Å². The summed E-state index contributed by atoms with van der Waals surface area (Å²) >= 11 is 1.30. The summed E-state index contributed by atoms with van der Waals surface area (Å²) in [6.45, 7) is 0.392. The standard InChI is InChI=1S/C14H14N4O2S/c1-18-6-5-9-7-10(3-4-11(9)18)13(19)15-14-17-16-12(21-14)8-20-2/h3-7H,8H2,1-2H3,(H,15,17,19). The highest BCUT2D eigenvalue weighted by Gasteiger charge is 2.11. The number of carbonyl (C=O) groups excluding carboxylic acids is 1. The number of amides is 1. The number of carbonyl (C=O) groups is 1. The van der Waals surface area contributed by atoms with Crippen LogP contribution in [0.5, 0.6) is 0 Å². The molecule has 3 rings (SSSR count). The molecule has 2 heterocycles. The van der Waals surface area contributed by atoms with Crippen LogP contribution < -0.4 is 5.32 Å². The monoisotopic (exact) mass is 302 g/mol. The molecule has 1 aromatic carbocycles. The molecule has 0 saturated carbocycles. The highest BCUT2D eigenvalue weighted by molar-refractivity contribution is 7.15. The van der Waals surface area contributed by atoms with E-state index in [9.17, 15) is 4.79 Å². The second-order valence-electron chi connectivity index (χ2n) is 4.59. The SMILES string of the molecule is COCc1nnc(NC(=O)c2ccc3c(ccn3C)c2)s1. The average molecular weight is 302 g/mol. The molecule has 0 saturated heterocycles. The van der Waals surface area contributed by atoms with E-state index >= 15 is 0 Å². The first-order chi connectivity index (χ1) is 10.2. The molecule has 7 heteroatoms. The maximum absolute atomic E-state index is 12.2. The van der Waals surface area contributed by atoms with Crippen LogP contribution >= 0.6 is 11.3 Å². The van der Waals surface area contributed by atoms with E-state index in [2.05, 4.69) is 15.5 Å². The summed E-state index contributed by atoms with van der Waals surface area (Å²) in [7, 11) is 3.56. The van der Waals surface area contributed by atoms with E-state index in [1.807, 2.05) is 36.0 Å². The molecule has 1 N–H and O–H groups in total. The highest BCUT2D eigenvalue weighted by atomic mass is 32.1. The Morgan fingerprint density at radius 3 is 3.05 bits per heavy atom. The second-order valence-corrected chi connectivity index (χ2v) is 5.65. The number of benzene rings is 1. The van der Waals surface area contributed by atoms with Crippen molar-refractivity contribution in [3.05, 3.63) is 41.0 Å². The van der Waals surface area contributed by atoms with E-state index in [1.165, 1.54) is 11.3 Å². The Kier molecular flexibility index (Phi) is 3.68. The predicted molar refractivity (Wildman–Crippen MR) is 81.5 cm³/mol. The first-order valence-electron chi connectivity index (χ1n) is 6.35. The van der Waals surface area contributed by atoms with Crippen LogP contribution in [0, 0.1) is 0 Å². The Morgan fingerprint density at radius 2 is 2.24 bits per heavy atom. The maximum atomic E-state index is 12.2. The van der Waals surface area contributed by atoms with Gasteiger partial charge < -0.3 is 9.30 Å². The summed E-state index contributed by atoms with van der Waals surface area (Å²) in [5.74, 6) is -0.194. The number of nitrogens with one attached hydrogen (secondary N) is 1. The minimum Gasteiger partial charge on any atom is -0.377 e. The molecule has 0 atom stereocenters. The fourth-order valence-corrected chi connectivity index (χ4v) is 2.79. The van der Waals surface area contributed by atoms with E-state index < -0.39 is 0 Å². The van der Waals surface area contributed by atoms with Crippen molar-refractivity contribution in [3.8, 4) is 0 Å². The van der Waals surface area contributed by atoms with Crippen LogP contribution in [0.4, 0.5) is 5.13 Å². The molecule has 0 fully saturated rings. The van der Waals surface area contributed by atoms with Crippen molar-refractivity contribution in [2.24, 2.45) is 7.05 Å². The summed E-state index contributed by atoms with van der Waals surface area (Å²) in [6.07, 6.45) is 1.97. The summed E-state index contributed by atoms with van der Waals surface area (Å²) in [5.41, 5.74) is 1.68. The van der Waals surface area contributed by atoms with Crippen LogP contribution in [-0.2, 0) is 18.4 Å². The van der Waals surface area contributed by atoms with Gasteiger partial charge in [0.05, 0.1) is 0 Å². The minimum atomic E-state index is -0.194. The number of rotatable bonds is 4. The molecule has 0 aliphatic rings. The van der Waals surface area contributed by atoms with Crippen molar-refractivity contribution in [2.45, 2.75) is 6.61 Å². The molecule has 0 bridgehead atoms. The lowest BCUT2D eigenvalue weighted by molar-refractivity contribution is 0.102. The lowest BCUT2D eigenvalue weighted by atomic mass is 10.1. The topological polar surface area (TPSA) is 69.0 Å². The Hall–Kier alpha value is -2.25. The summed E-state index contributed by atoms with van der Waals surface area (Å²) < 4.78 is 6.99. The largest absolute Gasteiger partial charge is 0.377 e. The number of methoxy groups -OCH3 is 1. The van der Waals surface area contributed by atoms with Gasteiger partial charge in [-0.05, 0) is 24.3 Å². The summed E-state index contributed by atoms with van der Waals surface area (Å²) in [4.78, 5) is 12.2. The van der Waals surface area contributed by atoms with Gasteiger partial charge in [-0.2, -0.15) is 0 Å². The Labute approximate surface area is 125 Å². The fourth-order valence-electron chi connectivity index (χ4n) is 2.08. The summed E-state index contributed by atoms with van der Waals surface area (Å²) in [5, 5.41) is 12.8. The Morgan fingerprint density at radius 1 is 1.38 bits per heavy atom. The molecule has 6 nitrogen and oxygen atoms in total. The Balaban J connectivity index is 1.79. The molecule has 0 radical (unpaired) electrons. The zero-order chi connectivity index (χ0) is 14.8. The molecule has 108 valence electrons. The molecule has 0 unspecified atom stereocenters. The van der Waals surface area contributed by atoms with Crippen molar-refractivity contribution in [2.75, 3.05) is 12.4 Å². The van der Waals surface area contributed by atoms with E-state index in [0.29, 0.717) is 17.3 Å². The van der Waals surface area contributed by atoms with Gasteiger partial charge in [0.1, 0.15) is 11.6 Å². The Bertz CT molecular complexity index is 793. The van der Waals surface area contributed by atoms with Crippen LogP contribution in [0.1, 0.15) is 15.4 Å². The number of fused-ring (bicyclic) bond motifs is 1. The molecule has 1 amide bonds. The van der Waals surface area contributed by atoms with Crippen LogP contribution in [0.25, 0.3) is 10.9 Å². The zero-order valence-electron chi connectivity index (χ0n) is 11.7. The average Bonchev–Trinajstić information content (AvgIpc) is 3.06. The van der Waals surface area contributed by atoms with Gasteiger partial charge in [0.2, 0.25) is 5.13 Å². The lowest BCUT2D eigenvalue weighted by Gasteiger charge is -2.02. The third-order valence-corrected chi connectivity index (χ3v) is 3.91. The normalized spacial score (nSPS) is 11.0. The molecule has 3 aromatic rings. The minimum absolute atomic E-state index is 0.194. The van der Waals surface area contributed by atoms with E-state index in [1.54, 1.807) is 13.2 Å². The van der Waals surface area contributed by atoms with Crippen molar-refractivity contribution in [1.29, 1.82) is 0 Å². The molecular weight excluding hydrogens is 288 g/mol. The van der Waals surface area contributed by atoms with Crippen LogP contribution in [0.2, 0.25) is 0 Å². The van der Waals surface area contributed by atoms with Gasteiger partial charge in [-0.25, -0.2) is 0 Å². The highest BCUT2D eigenvalue weighted by Crippen LogP contribution is 2.19. The van der Waals surface area contributed by atoms with Crippen molar-refractivity contribution < 1.29 is 9.53 Å². The molecule has 0 aliphatic heterocycles. The molecule has 21 heavy (non-hydrogen) atoms. The fraction of sp³-hybridized carbons (Fsp3) is 0.214. The van der Waals surface area contributed by atoms with E-state index in [4.69, 9.17) is 4.74 Å². The van der Waals surface area contributed by atoms with Gasteiger partial charge in [0.25, 0.3) is 5.91 Å². The lowest BCUT2D eigenvalue weighted by Crippen LogP contribution is -2.11. The molecule has 0 spiro atoms. The first kappa shape index (κ1) is 13.7. The molecule has 2 aromatic heterocycles. The van der Waals surface area contributed by atoms with Crippen LogP contribution in [-0.4, -0.2) is 27.8 Å². The zero-order valence-corrected chi connectivity index (χ0v) is 12.5. The maximum Gasteiger partial charge on any atom is 0.257 e. The number of aryl methyl sites for hydroxylation is 1. The van der Waals surface area contributed by atoms with Crippen molar-refractivity contribution in [1.82, 2.24) is 14.8 Å². The quantitative estimate of drug-likeness (QED) is 0.803. The van der Waals surface area contributed by atoms with Gasteiger partial charge >= 0.3 is 0 Å². The van der Waals surface area contributed by atoms with Crippen LogP contribution in [0.15, 0.2) is 30.5 Å². The van der Waals surface area contributed by atoms with Gasteiger partial charge in [0, 0.05) is 36.8 Å². The number of anilines is 1. The first-order valence-corrected chi connectivity index (χ1v) is 7.17. The van der Waals surface area contributed by atoms with E-state index in [-0.39, 0.29) is 5.91 Å². The van der Waals surface area contributed by atoms with E-state index in [0.717, 1.165) is 15.9 Å². The predicted octanol–water partition coefficient (Wildman–Crippen LogP) is 2.43. The number of ether oxygens (including phenoxy) is 1. The number of nitrogens with zero attached hydrogens (tertiary/aromatic N) is 3. The van der Waals surface area contributed by atoms with Gasteiger partial charge in [-0.1, -0.05) is 11.3 Å².